The van der Waals surface area contributed by atoms with E-state index in [4.69, 9.17) is 4.74 Å². The van der Waals surface area contributed by atoms with Crippen LogP contribution in [0.15, 0.2) is 24.3 Å². The first-order valence-electron chi connectivity index (χ1n) is 12.5. The van der Waals surface area contributed by atoms with E-state index in [2.05, 4.69) is 29.1 Å². The van der Waals surface area contributed by atoms with Crippen molar-refractivity contribution in [1.82, 2.24) is 24.9 Å². The summed E-state index contributed by atoms with van der Waals surface area (Å²) in [6.45, 7) is 12.0. The third-order valence-corrected chi connectivity index (χ3v) is 6.50. The third kappa shape index (κ3) is 8.28. The Hall–Kier alpha value is -2.16. The Morgan fingerprint density at radius 1 is 1.00 bits per heavy atom. The first-order valence-corrected chi connectivity index (χ1v) is 12.5. The average molecular weight is 460 g/mol. The summed E-state index contributed by atoms with van der Waals surface area (Å²) in [5.41, 5.74) is 0.644. The van der Waals surface area contributed by atoms with Crippen LogP contribution in [-0.4, -0.2) is 117 Å². The molecule has 0 spiro atoms. The lowest BCUT2D eigenvalue weighted by atomic mass is 10.1. The molecule has 8 heteroatoms. The maximum Gasteiger partial charge on any atom is 0.253 e. The molecule has 2 aliphatic rings. The van der Waals surface area contributed by atoms with Crippen molar-refractivity contribution in [2.45, 2.75) is 26.2 Å². The molecule has 0 saturated carbocycles. The van der Waals surface area contributed by atoms with Crippen molar-refractivity contribution in [3.63, 3.8) is 0 Å². The number of nitrogens with zero attached hydrogens (tertiary/aromatic N) is 4. The van der Waals surface area contributed by atoms with Gasteiger partial charge in [-0.1, -0.05) is 13.3 Å². The van der Waals surface area contributed by atoms with Crippen LogP contribution in [0.3, 0.4) is 0 Å². The van der Waals surface area contributed by atoms with Gasteiger partial charge in [0.1, 0.15) is 5.75 Å². The molecule has 8 nitrogen and oxygen atoms in total. The molecule has 0 atom stereocenters. The van der Waals surface area contributed by atoms with Crippen LogP contribution >= 0.6 is 0 Å². The fourth-order valence-corrected chi connectivity index (χ4v) is 4.16. The Bertz CT molecular complexity index is 728. The molecule has 0 radical (unpaired) electrons. The summed E-state index contributed by atoms with van der Waals surface area (Å²) in [6.07, 6.45) is 2.47. The van der Waals surface area contributed by atoms with Gasteiger partial charge in [0.2, 0.25) is 5.91 Å². The number of carbonyl (C=O) groups excluding carboxylic acids is 2. The second-order valence-corrected chi connectivity index (χ2v) is 9.04. The number of ether oxygens (including phenoxy) is 1. The van der Waals surface area contributed by atoms with Crippen molar-refractivity contribution < 1.29 is 14.3 Å². The second kappa shape index (κ2) is 13.5. The highest BCUT2D eigenvalue weighted by Crippen LogP contribution is 2.15. The van der Waals surface area contributed by atoms with E-state index in [1.54, 1.807) is 0 Å². The Kier molecular flexibility index (Phi) is 10.4. The Morgan fingerprint density at radius 2 is 1.70 bits per heavy atom. The van der Waals surface area contributed by atoms with Crippen LogP contribution in [-0.2, 0) is 4.79 Å². The van der Waals surface area contributed by atoms with Gasteiger partial charge in [-0.15, -0.1) is 0 Å². The number of hydrogen-bond acceptors (Lipinski definition) is 6. The molecule has 184 valence electrons. The number of benzene rings is 1. The van der Waals surface area contributed by atoms with Crippen LogP contribution in [0.25, 0.3) is 0 Å². The van der Waals surface area contributed by atoms with Crippen LogP contribution in [0.2, 0.25) is 0 Å². The van der Waals surface area contributed by atoms with Gasteiger partial charge in [0.05, 0.1) is 6.61 Å². The van der Waals surface area contributed by atoms with Crippen molar-refractivity contribution in [3.05, 3.63) is 29.8 Å². The van der Waals surface area contributed by atoms with E-state index in [1.165, 1.54) is 0 Å². The fourth-order valence-electron chi connectivity index (χ4n) is 4.16. The van der Waals surface area contributed by atoms with E-state index in [-0.39, 0.29) is 11.8 Å². The molecule has 1 aromatic rings. The standard InChI is InChI=1S/C25H41N5O3/c1-3-4-21-33-23-7-5-22(6-8-23)25(32)30(20-19-28-17-15-27(2)16-18-28)12-9-24(31)29-13-10-26-11-14-29/h5-8,26H,3-4,9-21H2,1-2H3. The van der Waals surface area contributed by atoms with Crippen molar-refractivity contribution in [1.29, 1.82) is 0 Å². The number of unbranched alkanes of at least 4 members (excludes halogenated alkanes) is 1. The van der Waals surface area contributed by atoms with Gasteiger partial charge in [0, 0.05) is 84.0 Å². The highest BCUT2D eigenvalue weighted by atomic mass is 16.5. The topological polar surface area (TPSA) is 68.4 Å². The van der Waals surface area contributed by atoms with Crippen LogP contribution in [0, 0.1) is 0 Å². The molecule has 0 aromatic heterocycles. The monoisotopic (exact) mass is 459 g/mol. The minimum absolute atomic E-state index is 0.0163. The molecule has 2 amide bonds. The number of carbonyl (C=O) groups is 2. The molecule has 2 fully saturated rings. The Labute approximate surface area is 198 Å². The normalized spacial score (nSPS) is 17.7. The van der Waals surface area contributed by atoms with Gasteiger partial charge in [-0.3, -0.25) is 14.5 Å². The maximum atomic E-state index is 13.4. The Morgan fingerprint density at radius 3 is 2.36 bits per heavy atom. The zero-order valence-electron chi connectivity index (χ0n) is 20.4. The van der Waals surface area contributed by atoms with E-state index in [0.717, 1.165) is 77.5 Å². The number of likely N-dealkylation sites (N-methyl/N-ethyl adjacent to an activating group) is 1. The molecule has 1 N–H and O–H groups in total. The van der Waals surface area contributed by atoms with E-state index < -0.39 is 0 Å². The van der Waals surface area contributed by atoms with Gasteiger partial charge in [-0.2, -0.15) is 0 Å². The van der Waals surface area contributed by atoms with Crippen LogP contribution in [0.1, 0.15) is 36.5 Å². The summed E-state index contributed by atoms with van der Waals surface area (Å²) in [5.74, 6) is 0.906. The molecular weight excluding hydrogens is 418 g/mol. The molecule has 0 unspecified atom stereocenters. The van der Waals surface area contributed by atoms with Gasteiger partial charge in [0.25, 0.3) is 5.91 Å². The van der Waals surface area contributed by atoms with Gasteiger partial charge >= 0.3 is 0 Å². The van der Waals surface area contributed by atoms with E-state index in [1.807, 2.05) is 34.1 Å². The van der Waals surface area contributed by atoms with Crippen molar-refractivity contribution in [3.8, 4) is 5.75 Å². The first-order chi connectivity index (χ1) is 16.1. The van der Waals surface area contributed by atoms with Crippen molar-refractivity contribution in [2.75, 3.05) is 85.6 Å². The lowest BCUT2D eigenvalue weighted by Gasteiger charge is -2.34. The SMILES string of the molecule is CCCCOc1ccc(C(=O)N(CCC(=O)N2CCNCC2)CCN2CCN(C)CC2)cc1. The summed E-state index contributed by atoms with van der Waals surface area (Å²) in [7, 11) is 2.14. The van der Waals surface area contributed by atoms with Gasteiger partial charge in [-0.25, -0.2) is 0 Å². The maximum absolute atomic E-state index is 13.4. The molecule has 2 heterocycles. The molecular formula is C25H41N5O3. The highest BCUT2D eigenvalue weighted by molar-refractivity contribution is 5.94. The zero-order valence-corrected chi connectivity index (χ0v) is 20.4. The summed E-state index contributed by atoms with van der Waals surface area (Å²) < 4.78 is 5.73. The van der Waals surface area contributed by atoms with Crippen LogP contribution in [0.4, 0.5) is 0 Å². The number of piperazine rings is 2. The highest BCUT2D eigenvalue weighted by Gasteiger charge is 2.22. The van der Waals surface area contributed by atoms with Crippen LogP contribution < -0.4 is 10.1 Å². The summed E-state index contributed by atoms with van der Waals surface area (Å²) in [4.78, 5) is 34.5. The molecule has 0 aliphatic carbocycles. The largest absolute Gasteiger partial charge is 0.494 e. The second-order valence-electron chi connectivity index (χ2n) is 9.04. The van der Waals surface area contributed by atoms with Gasteiger partial charge in [0.15, 0.2) is 0 Å². The first kappa shape index (κ1) is 25.5. The summed E-state index contributed by atoms with van der Waals surface area (Å²) in [6, 6.07) is 7.41. The minimum atomic E-state index is -0.0163. The lowest BCUT2D eigenvalue weighted by molar-refractivity contribution is -0.131. The average Bonchev–Trinajstić information content (AvgIpc) is 2.85. The van der Waals surface area contributed by atoms with Crippen molar-refractivity contribution in [2.24, 2.45) is 0 Å². The van der Waals surface area contributed by atoms with E-state index in [9.17, 15) is 9.59 Å². The van der Waals surface area contributed by atoms with Crippen LogP contribution in [0.5, 0.6) is 5.75 Å². The predicted octanol–water partition coefficient (Wildman–Crippen LogP) is 1.38. The minimum Gasteiger partial charge on any atom is -0.494 e. The number of rotatable bonds is 11. The molecule has 1 aromatic carbocycles. The fraction of sp³-hybridized carbons (Fsp3) is 0.680. The number of amides is 2. The molecule has 2 saturated heterocycles. The lowest BCUT2D eigenvalue weighted by Crippen LogP contribution is -2.49. The zero-order chi connectivity index (χ0) is 23.5. The van der Waals surface area contributed by atoms with E-state index in [0.29, 0.717) is 31.7 Å². The summed E-state index contributed by atoms with van der Waals surface area (Å²) in [5, 5.41) is 3.28. The third-order valence-electron chi connectivity index (χ3n) is 6.50. The molecule has 0 bridgehead atoms. The quantitative estimate of drug-likeness (QED) is 0.505. The van der Waals surface area contributed by atoms with Gasteiger partial charge < -0.3 is 24.8 Å². The Balaban J connectivity index is 1.59. The molecule has 3 rings (SSSR count). The van der Waals surface area contributed by atoms with Crippen molar-refractivity contribution >= 4 is 11.8 Å². The molecule has 2 aliphatic heterocycles. The van der Waals surface area contributed by atoms with E-state index >= 15 is 0 Å². The predicted molar refractivity (Wildman–Crippen MR) is 131 cm³/mol. The summed E-state index contributed by atoms with van der Waals surface area (Å²) >= 11 is 0. The number of hydrogen-bond donors (Lipinski definition) is 1. The molecule has 33 heavy (non-hydrogen) atoms. The number of nitrogens with one attached hydrogen (secondary N) is 1. The smallest absolute Gasteiger partial charge is 0.253 e. The van der Waals surface area contributed by atoms with Gasteiger partial charge in [-0.05, 0) is 37.7 Å².